The minimum Gasteiger partial charge on any atom is -0.377 e. The molecule has 0 N–H and O–H groups in total. The van der Waals surface area contributed by atoms with Gasteiger partial charge in [0.25, 0.3) is 0 Å². The molecule has 1 aromatic rings. The molecule has 0 aromatic heterocycles. The minimum atomic E-state index is -4.54. The molecule has 2 atom stereocenters. The number of rotatable bonds is 3. The van der Waals surface area contributed by atoms with Crippen molar-refractivity contribution in [2.75, 3.05) is 12.4 Å². The number of alkyl halides is 3. The Bertz CT molecular complexity index is 484. The second-order valence-corrected chi connectivity index (χ2v) is 6.19. The lowest BCUT2D eigenvalue weighted by Gasteiger charge is -2.12. The zero-order valence-electron chi connectivity index (χ0n) is 9.87. The lowest BCUT2D eigenvalue weighted by Crippen LogP contribution is -2.16. The maximum atomic E-state index is 12.7. The summed E-state index contributed by atoms with van der Waals surface area (Å²) in [4.78, 5) is 0.132. The van der Waals surface area contributed by atoms with Gasteiger partial charge in [0.15, 0.2) is 0 Å². The fourth-order valence-electron chi connectivity index (χ4n) is 1.90. The highest BCUT2D eigenvalue weighted by Gasteiger charge is 2.34. The van der Waals surface area contributed by atoms with E-state index in [2.05, 4.69) is 0 Å². The first-order valence-corrected chi connectivity index (χ1v) is 7.44. The van der Waals surface area contributed by atoms with Crippen molar-refractivity contribution >= 4 is 22.4 Å². The van der Waals surface area contributed by atoms with Crippen molar-refractivity contribution in [3.05, 3.63) is 28.8 Å². The number of hydrogen-bond acceptors (Lipinski definition) is 2. The first kappa shape index (κ1) is 14.8. The topological polar surface area (TPSA) is 26.3 Å². The molecule has 1 saturated heterocycles. The van der Waals surface area contributed by atoms with E-state index < -0.39 is 22.5 Å². The van der Waals surface area contributed by atoms with Crippen molar-refractivity contribution in [1.82, 2.24) is 0 Å². The largest absolute Gasteiger partial charge is 0.417 e. The van der Waals surface area contributed by atoms with Crippen molar-refractivity contribution in [2.24, 2.45) is 0 Å². The highest BCUT2D eigenvalue weighted by Crippen LogP contribution is 2.35. The van der Waals surface area contributed by atoms with Crippen molar-refractivity contribution in [3.63, 3.8) is 0 Å². The lowest BCUT2D eigenvalue weighted by molar-refractivity contribution is -0.137. The Balaban J connectivity index is 2.18. The van der Waals surface area contributed by atoms with E-state index in [9.17, 15) is 17.4 Å². The summed E-state index contributed by atoms with van der Waals surface area (Å²) in [6.45, 7) is 0.621. The Morgan fingerprint density at radius 3 is 2.74 bits per heavy atom. The van der Waals surface area contributed by atoms with Crippen LogP contribution >= 0.6 is 11.6 Å². The Hall–Kier alpha value is -0.590. The quantitative estimate of drug-likeness (QED) is 0.851. The van der Waals surface area contributed by atoms with Crippen LogP contribution in [0, 0.1) is 0 Å². The zero-order valence-corrected chi connectivity index (χ0v) is 11.4. The van der Waals surface area contributed by atoms with Gasteiger partial charge in [0.2, 0.25) is 0 Å². The van der Waals surface area contributed by atoms with E-state index in [4.69, 9.17) is 16.3 Å². The van der Waals surface area contributed by atoms with Crippen LogP contribution in [0.1, 0.15) is 18.4 Å². The van der Waals surface area contributed by atoms with Crippen LogP contribution in [0.25, 0.3) is 0 Å². The van der Waals surface area contributed by atoms with Gasteiger partial charge in [-0.25, -0.2) is 0 Å². The van der Waals surface area contributed by atoms with Gasteiger partial charge in [0.05, 0.1) is 33.2 Å². The fourth-order valence-corrected chi connectivity index (χ4v) is 3.39. The Kier molecular flexibility index (Phi) is 4.53. The molecule has 0 saturated carbocycles. The molecule has 106 valence electrons. The van der Waals surface area contributed by atoms with Gasteiger partial charge in [-0.2, -0.15) is 13.2 Å². The maximum Gasteiger partial charge on any atom is 0.417 e. The highest BCUT2D eigenvalue weighted by molar-refractivity contribution is 7.85. The lowest BCUT2D eigenvalue weighted by atomic mass is 10.2. The molecule has 2 rings (SSSR count). The third-order valence-electron chi connectivity index (χ3n) is 2.87. The molecule has 1 heterocycles. The molecule has 0 aliphatic carbocycles. The monoisotopic (exact) mass is 312 g/mol. The molecule has 1 aliphatic rings. The van der Waals surface area contributed by atoms with E-state index >= 15 is 0 Å². The van der Waals surface area contributed by atoms with E-state index in [-0.39, 0.29) is 21.8 Å². The molecule has 0 amide bonds. The molecular weight excluding hydrogens is 301 g/mol. The van der Waals surface area contributed by atoms with Crippen LogP contribution in [-0.4, -0.2) is 22.7 Å². The molecular formula is C12H12ClF3O2S. The minimum absolute atomic E-state index is 0.132. The Morgan fingerprint density at radius 1 is 1.42 bits per heavy atom. The van der Waals surface area contributed by atoms with Crippen molar-refractivity contribution in [1.29, 1.82) is 0 Å². The molecule has 19 heavy (non-hydrogen) atoms. The van der Waals surface area contributed by atoms with Gasteiger partial charge >= 0.3 is 6.18 Å². The molecule has 2 nitrogen and oxygen atoms in total. The SMILES string of the molecule is O=[S@](C[C@H]1CCCO1)c1ccc(Cl)c(C(F)(F)F)c1. The van der Waals surface area contributed by atoms with Gasteiger partial charge in [-0.1, -0.05) is 11.6 Å². The molecule has 0 unspecified atom stereocenters. The second-order valence-electron chi connectivity index (χ2n) is 4.29. The summed E-state index contributed by atoms with van der Waals surface area (Å²) in [5, 5.41) is -0.384. The van der Waals surface area contributed by atoms with E-state index in [1.807, 2.05) is 0 Å². The van der Waals surface area contributed by atoms with Gasteiger partial charge < -0.3 is 4.74 Å². The zero-order chi connectivity index (χ0) is 14.0. The van der Waals surface area contributed by atoms with E-state index in [0.717, 1.165) is 25.0 Å². The number of halogens is 4. The molecule has 1 fully saturated rings. The summed E-state index contributed by atoms with van der Waals surface area (Å²) in [5.74, 6) is 0.221. The first-order chi connectivity index (χ1) is 8.88. The summed E-state index contributed by atoms with van der Waals surface area (Å²) < 4.78 is 55.4. The van der Waals surface area contributed by atoms with Gasteiger partial charge in [-0.05, 0) is 31.0 Å². The van der Waals surface area contributed by atoms with Gasteiger partial charge in [0, 0.05) is 11.5 Å². The van der Waals surface area contributed by atoms with E-state index in [1.54, 1.807) is 0 Å². The summed E-state index contributed by atoms with van der Waals surface area (Å²) in [6.07, 6.45) is -2.98. The smallest absolute Gasteiger partial charge is 0.377 e. The van der Waals surface area contributed by atoms with Crippen LogP contribution in [0.2, 0.25) is 5.02 Å². The summed E-state index contributed by atoms with van der Waals surface area (Å²) >= 11 is 5.51. The van der Waals surface area contributed by atoms with Gasteiger partial charge in [-0.15, -0.1) is 0 Å². The first-order valence-electron chi connectivity index (χ1n) is 5.74. The number of benzene rings is 1. The van der Waals surface area contributed by atoms with Crippen LogP contribution in [0.15, 0.2) is 23.1 Å². The summed E-state index contributed by atoms with van der Waals surface area (Å²) in [7, 11) is -1.51. The molecule has 0 spiro atoms. The normalized spacial score (nSPS) is 21.6. The summed E-state index contributed by atoms with van der Waals surface area (Å²) in [6, 6.07) is 3.35. The molecule has 0 bridgehead atoms. The standard InChI is InChI=1S/C12H12ClF3O2S/c13-11-4-3-9(6-10(11)12(14,15)16)19(17)7-8-2-1-5-18-8/h3-4,6,8H,1-2,5,7H2/t8-,19-/m1/s1. The maximum absolute atomic E-state index is 12.7. The van der Waals surface area contributed by atoms with Crippen molar-refractivity contribution in [3.8, 4) is 0 Å². The van der Waals surface area contributed by atoms with E-state index in [0.29, 0.717) is 6.61 Å². The molecule has 0 radical (unpaired) electrons. The van der Waals surface area contributed by atoms with Gasteiger partial charge in [-0.3, -0.25) is 4.21 Å². The average Bonchev–Trinajstić information content (AvgIpc) is 2.80. The van der Waals surface area contributed by atoms with Crippen LogP contribution < -0.4 is 0 Å². The number of hydrogen-bond donors (Lipinski definition) is 0. The fraction of sp³-hybridized carbons (Fsp3) is 0.500. The van der Waals surface area contributed by atoms with Crippen molar-refractivity contribution in [2.45, 2.75) is 30.0 Å². The second kappa shape index (κ2) is 5.81. The number of ether oxygens (including phenoxy) is 1. The Labute approximate surface area is 116 Å². The van der Waals surface area contributed by atoms with E-state index in [1.165, 1.54) is 6.07 Å². The summed E-state index contributed by atoms with van der Waals surface area (Å²) in [5.41, 5.74) is -0.952. The van der Waals surface area contributed by atoms with Crippen molar-refractivity contribution < 1.29 is 22.1 Å². The van der Waals surface area contributed by atoms with Crippen LogP contribution in [0.4, 0.5) is 13.2 Å². The predicted molar refractivity (Wildman–Crippen MR) is 66.7 cm³/mol. The van der Waals surface area contributed by atoms with Crippen LogP contribution in [0.3, 0.4) is 0 Å². The molecule has 1 aromatic carbocycles. The third-order valence-corrected chi connectivity index (χ3v) is 4.65. The predicted octanol–water partition coefficient (Wildman–Crippen LogP) is 3.65. The highest BCUT2D eigenvalue weighted by atomic mass is 35.5. The third kappa shape index (κ3) is 3.70. The average molecular weight is 313 g/mol. The van der Waals surface area contributed by atoms with Gasteiger partial charge in [0.1, 0.15) is 0 Å². The molecule has 1 aliphatic heterocycles. The van der Waals surface area contributed by atoms with Crippen LogP contribution in [0.5, 0.6) is 0 Å². The Morgan fingerprint density at radius 2 is 2.16 bits per heavy atom. The molecule has 7 heteroatoms. The van der Waals surface area contributed by atoms with Crippen LogP contribution in [-0.2, 0) is 21.7 Å².